The number of benzene rings is 1. The predicted molar refractivity (Wildman–Crippen MR) is 95.4 cm³/mol. The second kappa shape index (κ2) is 9.22. The number of amides is 1. The van der Waals surface area contributed by atoms with Crippen LogP contribution in [-0.2, 0) is 4.79 Å². The number of aromatic nitrogens is 1. The van der Waals surface area contributed by atoms with Gasteiger partial charge in [-0.25, -0.2) is 0 Å². The van der Waals surface area contributed by atoms with Crippen molar-refractivity contribution in [1.82, 2.24) is 4.98 Å². The van der Waals surface area contributed by atoms with Gasteiger partial charge in [0.25, 0.3) is 0 Å². The number of carbonyl (C=O) groups is 1. The molecule has 1 amide bonds. The van der Waals surface area contributed by atoms with Gasteiger partial charge in [-0.2, -0.15) is 0 Å². The third-order valence-corrected chi connectivity index (χ3v) is 3.32. The standard InChI is InChI=1S/C17H21N3O3.ClH/c1-11(18)8-16(21)20-14-9-12(5-6-15(14)23-2)17(22)13-4-3-7-19-10-13;/h3-7,9-11,17,22H,8,18H2,1-2H3,(H,20,21);1H. The van der Waals surface area contributed by atoms with Crippen molar-refractivity contribution in [3.63, 3.8) is 0 Å². The van der Waals surface area contributed by atoms with Crippen molar-refractivity contribution in [2.75, 3.05) is 12.4 Å². The second-order valence-electron chi connectivity index (χ2n) is 5.38. The maximum Gasteiger partial charge on any atom is 0.226 e. The number of halogens is 1. The number of anilines is 1. The SMILES string of the molecule is COc1ccc(C(O)c2cccnc2)cc1NC(=O)CC(C)N.Cl. The Hall–Kier alpha value is -2.15. The number of nitrogens with zero attached hydrogens (tertiary/aromatic N) is 1. The molecule has 1 aromatic carbocycles. The summed E-state index contributed by atoms with van der Waals surface area (Å²) >= 11 is 0. The summed E-state index contributed by atoms with van der Waals surface area (Å²) in [7, 11) is 1.52. The maximum absolute atomic E-state index is 11.9. The van der Waals surface area contributed by atoms with E-state index in [0.717, 1.165) is 0 Å². The lowest BCUT2D eigenvalue weighted by Crippen LogP contribution is -2.24. The first-order valence-corrected chi connectivity index (χ1v) is 7.32. The number of pyridine rings is 1. The van der Waals surface area contributed by atoms with E-state index in [1.54, 1.807) is 49.6 Å². The van der Waals surface area contributed by atoms with Crippen LogP contribution in [0.25, 0.3) is 0 Å². The Morgan fingerprint density at radius 3 is 2.71 bits per heavy atom. The number of nitrogens with one attached hydrogen (secondary N) is 1. The summed E-state index contributed by atoms with van der Waals surface area (Å²) in [4.78, 5) is 15.9. The van der Waals surface area contributed by atoms with Gasteiger partial charge in [-0.3, -0.25) is 9.78 Å². The number of rotatable bonds is 6. The first-order chi connectivity index (χ1) is 11.0. The van der Waals surface area contributed by atoms with Crippen molar-refractivity contribution >= 4 is 24.0 Å². The minimum Gasteiger partial charge on any atom is -0.495 e. The predicted octanol–water partition coefficient (Wildman–Crippen LogP) is 2.27. The van der Waals surface area contributed by atoms with E-state index in [1.807, 2.05) is 0 Å². The summed E-state index contributed by atoms with van der Waals surface area (Å²) in [6.07, 6.45) is 2.62. The van der Waals surface area contributed by atoms with Crippen LogP contribution in [0.15, 0.2) is 42.7 Å². The number of hydrogen-bond acceptors (Lipinski definition) is 5. The van der Waals surface area contributed by atoms with Crippen molar-refractivity contribution in [3.05, 3.63) is 53.9 Å². The molecule has 6 nitrogen and oxygen atoms in total. The molecule has 0 spiro atoms. The largest absolute Gasteiger partial charge is 0.495 e. The number of ether oxygens (including phenoxy) is 1. The molecule has 0 fully saturated rings. The van der Waals surface area contributed by atoms with Crippen LogP contribution in [0.1, 0.15) is 30.6 Å². The molecule has 7 heteroatoms. The fourth-order valence-electron chi connectivity index (χ4n) is 2.22. The molecule has 0 aliphatic rings. The maximum atomic E-state index is 11.9. The second-order valence-corrected chi connectivity index (χ2v) is 5.38. The minimum atomic E-state index is -0.835. The van der Waals surface area contributed by atoms with E-state index in [-0.39, 0.29) is 30.8 Å². The normalized spacial score (nSPS) is 12.7. The van der Waals surface area contributed by atoms with E-state index in [4.69, 9.17) is 10.5 Å². The molecule has 0 bridgehead atoms. The topological polar surface area (TPSA) is 97.5 Å². The van der Waals surface area contributed by atoms with Crippen LogP contribution in [0.4, 0.5) is 5.69 Å². The molecule has 2 unspecified atom stereocenters. The molecule has 0 aliphatic heterocycles. The number of aliphatic hydroxyl groups excluding tert-OH is 1. The molecule has 2 atom stereocenters. The van der Waals surface area contributed by atoms with Gasteiger partial charge in [-0.05, 0) is 30.7 Å². The fourth-order valence-corrected chi connectivity index (χ4v) is 2.22. The Balaban J connectivity index is 0.00000288. The van der Waals surface area contributed by atoms with E-state index in [9.17, 15) is 9.90 Å². The van der Waals surface area contributed by atoms with Gasteiger partial charge in [-0.1, -0.05) is 12.1 Å². The van der Waals surface area contributed by atoms with Gasteiger partial charge in [0.05, 0.1) is 12.8 Å². The highest BCUT2D eigenvalue weighted by Crippen LogP contribution is 2.30. The molecule has 0 saturated heterocycles. The lowest BCUT2D eigenvalue weighted by Gasteiger charge is -2.16. The molecule has 0 saturated carbocycles. The Morgan fingerprint density at radius 2 is 2.12 bits per heavy atom. The zero-order valence-electron chi connectivity index (χ0n) is 13.6. The summed E-state index contributed by atoms with van der Waals surface area (Å²) in [5.41, 5.74) is 7.44. The molecule has 1 aromatic heterocycles. The minimum absolute atomic E-state index is 0. The Bertz CT molecular complexity index is 665. The Morgan fingerprint density at radius 1 is 1.38 bits per heavy atom. The van der Waals surface area contributed by atoms with Crippen molar-refractivity contribution in [3.8, 4) is 5.75 Å². The molecule has 0 aliphatic carbocycles. The Labute approximate surface area is 147 Å². The van der Waals surface area contributed by atoms with Crippen LogP contribution in [0, 0.1) is 0 Å². The van der Waals surface area contributed by atoms with Crippen LogP contribution < -0.4 is 15.8 Å². The lowest BCUT2D eigenvalue weighted by molar-refractivity contribution is -0.116. The number of hydrogen-bond donors (Lipinski definition) is 3. The van der Waals surface area contributed by atoms with Gasteiger partial charge < -0.3 is 20.9 Å². The summed E-state index contributed by atoms with van der Waals surface area (Å²) in [5, 5.41) is 13.2. The summed E-state index contributed by atoms with van der Waals surface area (Å²) in [6.45, 7) is 1.76. The monoisotopic (exact) mass is 351 g/mol. The average Bonchev–Trinajstić information content (AvgIpc) is 2.54. The molecular weight excluding hydrogens is 330 g/mol. The smallest absolute Gasteiger partial charge is 0.226 e. The van der Waals surface area contributed by atoms with Crippen LogP contribution in [-0.4, -0.2) is 29.1 Å². The van der Waals surface area contributed by atoms with Crippen molar-refractivity contribution in [2.45, 2.75) is 25.5 Å². The van der Waals surface area contributed by atoms with Gasteiger partial charge >= 0.3 is 0 Å². The van der Waals surface area contributed by atoms with Gasteiger partial charge in [0, 0.05) is 30.4 Å². The first-order valence-electron chi connectivity index (χ1n) is 7.32. The summed E-state index contributed by atoms with van der Waals surface area (Å²) in [6, 6.07) is 8.46. The third kappa shape index (κ3) is 5.19. The quantitative estimate of drug-likeness (QED) is 0.741. The van der Waals surface area contributed by atoms with E-state index in [0.29, 0.717) is 22.6 Å². The third-order valence-electron chi connectivity index (χ3n) is 3.32. The lowest BCUT2D eigenvalue weighted by atomic mass is 10.0. The van der Waals surface area contributed by atoms with E-state index in [2.05, 4.69) is 10.3 Å². The number of methoxy groups -OCH3 is 1. The molecule has 0 radical (unpaired) electrons. The molecular formula is C17H22ClN3O3. The first kappa shape index (κ1) is 19.9. The van der Waals surface area contributed by atoms with Crippen LogP contribution >= 0.6 is 12.4 Å². The number of aliphatic hydroxyl groups is 1. The highest BCUT2D eigenvalue weighted by molar-refractivity contribution is 5.92. The zero-order valence-corrected chi connectivity index (χ0v) is 14.4. The number of carbonyl (C=O) groups excluding carboxylic acids is 1. The highest BCUT2D eigenvalue weighted by Gasteiger charge is 2.15. The van der Waals surface area contributed by atoms with Crippen molar-refractivity contribution in [2.24, 2.45) is 5.73 Å². The van der Waals surface area contributed by atoms with E-state index >= 15 is 0 Å². The fraction of sp³-hybridized carbons (Fsp3) is 0.294. The molecule has 2 rings (SSSR count). The van der Waals surface area contributed by atoms with E-state index < -0.39 is 6.10 Å². The van der Waals surface area contributed by atoms with E-state index in [1.165, 1.54) is 7.11 Å². The number of nitrogens with two attached hydrogens (primary N) is 1. The van der Waals surface area contributed by atoms with Crippen molar-refractivity contribution in [1.29, 1.82) is 0 Å². The Kier molecular flexibility index (Phi) is 7.64. The molecule has 4 N–H and O–H groups in total. The zero-order chi connectivity index (χ0) is 16.8. The van der Waals surface area contributed by atoms with Crippen LogP contribution in [0.3, 0.4) is 0 Å². The van der Waals surface area contributed by atoms with Crippen LogP contribution in [0.2, 0.25) is 0 Å². The molecule has 2 aromatic rings. The molecule has 1 heterocycles. The van der Waals surface area contributed by atoms with Gasteiger partial charge in [0.15, 0.2) is 0 Å². The highest BCUT2D eigenvalue weighted by atomic mass is 35.5. The molecule has 24 heavy (non-hydrogen) atoms. The summed E-state index contributed by atoms with van der Waals surface area (Å²) < 4.78 is 5.25. The average molecular weight is 352 g/mol. The molecule has 130 valence electrons. The van der Waals surface area contributed by atoms with Crippen molar-refractivity contribution < 1.29 is 14.6 Å². The van der Waals surface area contributed by atoms with Gasteiger partial charge in [-0.15, -0.1) is 12.4 Å². The van der Waals surface area contributed by atoms with Gasteiger partial charge in [0.1, 0.15) is 11.9 Å². The summed E-state index contributed by atoms with van der Waals surface area (Å²) in [5.74, 6) is 0.316. The van der Waals surface area contributed by atoms with Crippen LogP contribution in [0.5, 0.6) is 5.75 Å². The van der Waals surface area contributed by atoms with Gasteiger partial charge in [0.2, 0.25) is 5.91 Å².